The monoisotopic (exact) mass is 1230 g/mol. The standard InChI is InChI=1S/C54H86O27S2/c1-23(2)12-11-17-53(9)44-28(55)20-52(8)27-13-14-31-50(5,6)32(16-18-51(31,7)26(27)15-19-54(44,52)49(63)80-53)76-48-43(35(58)30(21-71-48)81-83(67,68)69)79-45-37(60)36(59)40(25(4)74-45)77-47-39(62)42(34(57)29(75-47)22-72-82(64,65)66)78-46-38(61)41(70-10)33(56)24(3)73-46/h13,23-26,29-48,56-62H,11-12,14-22H2,1-10H3,(H,64,65,66)(H,67,68,69). The summed E-state index contributed by atoms with van der Waals surface area (Å²) in [5, 5.41) is 79.6. The van der Waals surface area contributed by atoms with E-state index >= 15 is 0 Å². The first-order valence-electron chi connectivity index (χ1n) is 28.8. The van der Waals surface area contributed by atoms with E-state index in [1.54, 1.807) is 0 Å². The van der Waals surface area contributed by atoms with E-state index < -0.39 is 185 Å². The highest BCUT2D eigenvalue weighted by molar-refractivity contribution is 7.81. The number of ketones is 1. The lowest BCUT2D eigenvalue weighted by Gasteiger charge is -2.63. The van der Waals surface area contributed by atoms with Gasteiger partial charge in [-0.3, -0.25) is 18.7 Å². The van der Waals surface area contributed by atoms with E-state index in [0.29, 0.717) is 44.4 Å². The number of ether oxygens (including phenoxy) is 10. The summed E-state index contributed by atoms with van der Waals surface area (Å²) in [7, 11) is -9.15. The minimum Gasteiger partial charge on any atom is -0.458 e. The Morgan fingerprint density at radius 1 is 0.699 bits per heavy atom. The number of esters is 1. The minimum absolute atomic E-state index is 0.0153. The van der Waals surface area contributed by atoms with Crippen molar-refractivity contribution < 1.29 is 127 Å². The number of cyclic esters (lactones) is 1. The molecule has 3 saturated carbocycles. The fourth-order valence-corrected chi connectivity index (χ4v) is 17.0. The van der Waals surface area contributed by atoms with Gasteiger partial charge in [0.05, 0.1) is 42.9 Å². The van der Waals surface area contributed by atoms with Crippen LogP contribution in [-0.4, -0.2) is 222 Å². The molecule has 8 fully saturated rings. The molecule has 0 aromatic rings. The van der Waals surface area contributed by atoms with Gasteiger partial charge in [-0.05, 0) is 94.3 Å². The van der Waals surface area contributed by atoms with E-state index in [9.17, 15) is 71.3 Å². The molecule has 476 valence electrons. The molecule has 0 amide bonds. The SMILES string of the molecule is COC1C(O)C(C)OC(OC2C(O)C(COS(=O)(=O)O)OC(OC3C(C)OC(OC4C(OC5CCC6(C)C7CCC89C(=O)OC(C)(CCCC(C)C)C8C(=O)CC9(C)C7=CCC6C5(C)C)OCC(OS(=O)(=O)O)C4O)C(O)C3O)C2O)C1O. The van der Waals surface area contributed by atoms with Crippen LogP contribution in [0.4, 0.5) is 0 Å². The lowest BCUT2D eigenvalue weighted by Crippen LogP contribution is -2.67. The Balaban J connectivity index is 0.916. The highest BCUT2D eigenvalue weighted by atomic mass is 32.3. The molecule has 27 atom stereocenters. The number of hydrogen-bond donors (Lipinski definition) is 9. The fourth-order valence-electron chi connectivity index (χ4n) is 16.3. The number of rotatable bonds is 18. The third kappa shape index (κ3) is 11.8. The summed E-state index contributed by atoms with van der Waals surface area (Å²) < 4.78 is 135. The molecule has 0 aromatic heterocycles. The quantitative estimate of drug-likeness (QED) is 0.0514. The number of allylic oxidation sites excluding steroid dienone is 2. The Hall–Kier alpha value is -2.02. The van der Waals surface area contributed by atoms with Crippen LogP contribution in [-0.2, 0) is 86.1 Å². The molecular formula is C54H86O27S2. The molecule has 1 spiro atoms. The van der Waals surface area contributed by atoms with Crippen molar-refractivity contribution in [3.8, 4) is 0 Å². The van der Waals surface area contributed by atoms with Crippen LogP contribution in [0.2, 0.25) is 0 Å². The Morgan fingerprint density at radius 3 is 1.98 bits per heavy atom. The predicted molar refractivity (Wildman–Crippen MR) is 280 cm³/mol. The van der Waals surface area contributed by atoms with Crippen LogP contribution >= 0.6 is 0 Å². The van der Waals surface area contributed by atoms with Crippen LogP contribution in [0.15, 0.2) is 11.6 Å². The van der Waals surface area contributed by atoms with Gasteiger partial charge in [0, 0.05) is 18.9 Å². The fraction of sp³-hybridized carbons (Fsp3) is 0.926. The van der Waals surface area contributed by atoms with Gasteiger partial charge in [0.25, 0.3) is 0 Å². The van der Waals surface area contributed by atoms with E-state index in [0.717, 1.165) is 18.4 Å². The zero-order chi connectivity index (χ0) is 61.1. The number of aliphatic hydroxyl groups is 7. The van der Waals surface area contributed by atoms with Crippen LogP contribution in [0.5, 0.6) is 0 Å². The van der Waals surface area contributed by atoms with Crippen molar-refractivity contribution in [3.05, 3.63) is 11.6 Å². The van der Waals surface area contributed by atoms with Crippen LogP contribution in [0.1, 0.15) is 120 Å². The summed E-state index contributed by atoms with van der Waals surface area (Å²) in [4.78, 5) is 28.8. The van der Waals surface area contributed by atoms with Gasteiger partial charge in [-0.2, -0.15) is 16.8 Å². The number of Topliss-reactive ketones (excluding diaryl/α,β-unsaturated/α-hetero) is 1. The number of carbonyl (C=O) groups is 2. The first kappa shape index (κ1) is 65.4. The summed E-state index contributed by atoms with van der Waals surface area (Å²) in [6.45, 7) is 15.7. The second kappa shape index (κ2) is 23.7. The van der Waals surface area contributed by atoms with E-state index in [2.05, 4.69) is 51.8 Å². The molecular weight excluding hydrogens is 1140 g/mol. The molecule has 9 rings (SSSR count). The third-order valence-corrected chi connectivity index (χ3v) is 21.4. The topological polar surface area (TPSA) is 395 Å². The van der Waals surface area contributed by atoms with Gasteiger partial charge < -0.3 is 83.1 Å². The highest BCUT2D eigenvalue weighted by Crippen LogP contribution is 2.75. The molecule has 83 heavy (non-hydrogen) atoms. The first-order chi connectivity index (χ1) is 38.5. The maximum atomic E-state index is 14.4. The molecule has 9 aliphatic rings. The van der Waals surface area contributed by atoms with Crippen LogP contribution in [0.3, 0.4) is 0 Å². The normalized spacial score (nSPS) is 49.1. The molecule has 27 nitrogen and oxygen atoms in total. The van der Waals surface area contributed by atoms with E-state index in [4.69, 9.17) is 51.6 Å². The molecule has 0 bridgehead atoms. The smallest absolute Gasteiger partial charge is 0.397 e. The Kier molecular flexibility index (Phi) is 18.7. The van der Waals surface area contributed by atoms with Crippen molar-refractivity contribution >= 4 is 32.6 Å². The summed E-state index contributed by atoms with van der Waals surface area (Å²) in [5.74, 6) is -0.315. The van der Waals surface area contributed by atoms with Crippen molar-refractivity contribution in [1.82, 2.24) is 0 Å². The van der Waals surface area contributed by atoms with Gasteiger partial charge in [-0.1, -0.05) is 59.6 Å². The van der Waals surface area contributed by atoms with Gasteiger partial charge in [0.15, 0.2) is 25.2 Å². The molecule has 9 N–H and O–H groups in total. The molecule has 5 saturated heterocycles. The Labute approximate surface area is 483 Å². The molecule has 5 aliphatic heterocycles. The third-order valence-electron chi connectivity index (χ3n) is 20.4. The van der Waals surface area contributed by atoms with Crippen LogP contribution in [0.25, 0.3) is 0 Å². The van der Waals surface area contributed by atoms with E-state index in [1.807, 2.05) is 6.92 Å². The van der Waals surface area contributed by atoms with Crippen molar-refractivity contribution in [2.24, 2.45) is 45.3 Å². The number of fused-ring (bicyclic) bond motifs is 4. The Morgan fingerprint density at radius 2 is 1.33 bits per heavy atom. The van der Waals surface area contributed by atoms with Crippen LogP contribution in [0, 0.1) is 45.3 Å². The van der Waals surface area contributed by atoms with Crippen LogP contribution < -0.4 is 0 Å². The molecule has 29 heteroatoms. The summed E-state index contributed by atoms with van der Waals surface area (Å²) in [6, 6.07) is 0. The molecule has 27 unspecified atom stereocenters. The van der Waals surface area contributed by atoms with Crippen molar-refractivity contribution in [2.75, 3.05) is 20.3 Å². The van der Waals surface area contributed by atoms with Gasteiger partial charge in [0.1, 0.15) is 90.7 Å². The second-order valence-corrected chi connectivity index (χ2v) is 28.4. The number of carbonyl (C=O) groups excluding carboxylic acids is 2. The van der Waals surface area contributed by atoms with Crippen molar-refractivity contribution in [1.29, 1.82) is 0 Å². The second-order valence-electron chi connectivity index (χ2n) is 26.3. The first-order valence-corrected chi connectivity index (χ1v) is 31.5. The predicted octanol–water partition coefficient (Wildman–Crippen LogP) is 0.553. The van der Waals surface area contributed by atoms with E-state index in [-0.39, 0.29) is 35.4 Å². The maximum absolute atomic E-state index is 14.4. The zero-order valence-corrected chi connectivity index (χ0v) is 50.0. The minimum atomic E-state index is -5.20. The number of methoxy groups -OCH3 is 1. The molecule has 0 aromatic carbocycles. The molecule has 0 radical (unpaired) electrons. The summed E-state index contributed by atoms with van der Waals surface area (Å²) >= 11 is 0. The molecule has 4 aliphatic carbocycles. The lowest BCUT2D eigenvalue weighted by molar-refractivity contribution is -0.388. The van der Waals surface area contributed by atoms with Gasteiger partial charge >= 0.3 is 26.8 Å². The van der Waals surface area contributed by atoms with Gasteiger partial charge in [-0.25, -0.2) is 8.37 Å². The maximum Gasteiger partial charge on any atom is 0.397 e. The molecule has 5 heterocycles. The van der Waals surface area contributed by atoms with E-state index in [1.165, 1.54) is 21.0 Å². The average molecular weight is 1230 g/mol. The zero-order valence-electron chi connectivity index (χ0n) is 48.4. The average Bonchev–Trinajstić information content (AvgIpc) is 1.69. The van der Waals surface area contributed by atoms with Gasteiger partial charge in [0.2, 0.25) is 0 Å². The number of aliphatic hydroxyl groups excluding tert-OH is 7. The summed E-state index contributed by atoms with van der Waals surface area (Å²) in [5.41, 5.74) is -2.47. The van der Waals surface area contributed by atoms with Gasteiger partial charge in [-0.15, -0.1) is 0 Å². The summed E-state index contributed by atoms with van der Waals surface area (Å²) in [6.07, 6.45) is -25.8. The lowest BCUT2D eigenvalue weighted by atomic mass is 9.41. The van der Waals surface area contributed by atoms with Crippen molar-refractivity contribution in [2.45, 2.75) is 249 Å². The largest absolute Gasteiger partial charge is 0.458 e. The van der Waals surface area contributed by atoms with Crippen molar-refractivity contribution in [3.63, 3.8) is 0 Å². The Bertz CT molecular complexity index is 2620. The number of hydrogen-bond acceptors (Lipinski definition) is 25. The highest BCUT2D eigenvalue weighted by Gasteiger charge is 2.79.